The molecule has 0 saturated heterocycles. The Labute approximate surface area is 131 Å². The topological polar surface area (TPSA) is 70.7 Å². The third-order valence-electron chi connectivity index (χ3n) is 2.71. The second-order valence-corrected chi connectivity index (χ2v) is 6.15. The summed E-state index contributed by atoms with van der Waals surface area (Å²) in [7, 11) is 0. The van der Waals surface area contributed by atoms with Crippen LogP contribution in [0.5, 0.6) is 0 Å². The van der Waals surface area contributed by atoms with Gasteiger partial charge in [0.15, 0.2) is 5.96 Å². The average molecular weight is 311 g/mol. The van der Waals surface area contributed by atoms with Gasteiger partial charge in [0, 0.05) is 6.54 Å². The molecule has 2 amide bonds. The summed E-state index contributed by atoms with van der Waals surface area (Å²) in [6.07, 6.45) is 0. The smallest absolute Gasteiger partial charge is 0.328 e. The lowest BCUT2D eigenvalue weighted by Crippen LogP contribution is -2.47. The van der Waals surface area contributed by atoms with Gasteiger partial charge >= 0.3 is 6.03 Å². The molecule has 116 valence electrons. The van der Waals surface area contributed by atoms with Crippen LogP contribution >= 0.6 is 11.6 Å². The number of carbonyl (C=O) groups is 1. The maximum atomic E-state index is 12.4. The summed E-state index contributed by atoms with van der Waals surface area (Å²) in [6, 6.07) is 5.16. The molecule has 0 unspecified atom stereocenters. The standard InChI is InChI=1S/C15H23ClN4O/c1-6-20(12-10(2)8-7-9-11(12)16)14(21)18-13(17)19-15(3,4)5/h7-9H,6H2,1-5H3,(H3,17,18,19,21). The van der Waals surface area contributed by atoms with Gasteiger partial charge in [0.2, 0.25) is 0 Å². The van der Waals surface area contributed by atoms with Crippen molar-refractivity contribution in [2.45, 2.75) is 40.2 Å². The van der Waals surface area contributed by atoms with Crippen LogP contribution in [0.4, 0.5) is 10.5 Å². The number of hydrogen-bond donors (Lipinski definition) is 2. The van der Waals surface area contributed by atoms with Gasteiger partial charge in [-0.05, 0) is 46.2 Å². The molecule has 0 saturated carbocycles. The SMILES string of the molecule is CCN(C(=O)NC(N)=NC(C)(C)C)c1c(C)cccc1Cl. The Hall–Kier alpha value is -1.75. The first-order valence-electron chi connectivity index (χ1n) is 6.84. The normalized spacial score (nSPS) is 12.2. The summed E-state index contributed by atoms with van der Waals surface area (Å²) in [5, 5.41) is 3.12. The van der Waals surface area contributed by atoms with Gasteiger partial charge in [-0.25, -0.2) is 9.79 Å². The van der Waals surface area contributed by atoms with Crippen molar-refractivity contribution < 1.29 is 4.79 Å². The first-order valence-corrected chi connectivity index (χ1v) is 7.22. The Morgan fingerprint density at radius 3 is 2.52 bits per heavy atom. The molecule has 0 aliphatic carbocycles. The maximum absolute atomic E-state index is 12.4. The lowest BCUT2D eigenvalue weighted by molar-refractivity contribution is 0.250. The van der Waals surface area contributed by atoms with E-state index in [9.17, 15) is 4.79 Å². The van der Waals surface area contributed by atoms with Crippen LogP contribution in [0.25, 0.3) is 0 Å². The molecule has 1 aromatic rings. The van der Waals surface area contributed by atoms with Crippen LogP contribution in [-0.2, 0) is 0 Å². The second-order valence-electron chi connectivity index (χ2n) is 5.75. The zero-order valence-corrected chi connectivity index (χ0v) is 14.0. The molecule has 0 spiro atoms. The molecule has 0 atom stereocenters. The molecule has 0 radical (unpaired) electrons. The third-order valence-corrected chi connectivity index (χ3v) is 3.02. The Morgan fingerprint density at radius 2 is 2.05 bits per heavy atom. The predicted octanol–water partition coefficient (Wildman–Crippen LogP) is 3.30. The number of nitrogens with two attached hydrogens (primary N) is 1. The number of para-hydroxylation sites is 1. The lowest BCUT2D eigenvalue weighted by Gasteiger charge is -2.24. The Balaban J connectivity index is 3.01. The van der Waals surface area contributed by atoms with Crippen LogP contribution in [0.2, 0.25) is 5.02 Å². The number of aliphatic imine (C=N–C) groups is 1. The number of rotatable bonds is 2. The summed E-state index contributed by atoms with van der Waals surface area (Å²) < 4.78 is 0. The number of aryl methyl sites for hydroxylation is 1. The van der Waals surface area contributed by atoms with E-state index in [0.29, 0.717) is 17.3 Å². The summed E-state index contributed by atoms with van der Waals surface area (Å²) >= 11 is 6.21. The molecule has 1 aromatic carbocycles. The van der Waals surface area contributed by atoms with E-state index >= 15 is 0 Å². The van der Waals surface area contributed by atoms with Gasteiger partial charge in [-0.2, -0.15) is 0 Å². The quantitative estimate of drug-likeness (QED) is 0.650. The van der Waals surface area contributed by atoms with E-state index in [2.05, 4.69) is 10.3 Å². The van der Waals surface area contributed by atoms with Crippen molar-refractivity contribution in [3.8, 4) is 0 Å². The summed E-state index contributed by atoms with van der Waals surface area (Å²) in [6.45, 7) is 9.97. The van der Waals surface area contributed by atoms with E-state index in [-0.39, 0.29) is 17.5 Å². The average Bonchev–Trinajstić information content (AvgIpc) is 2.31. The van der Waals surface area contributed by atoms with Gasteiger partial charge in [0.05, 0.1) is 16.2 Å². The molecule has 21 heavy (non-hydrogen) atoms. The number of nitrogens with zero attached hydrogens (tertiary/aromatic N) is 2. The minimum atomic E-state index is -0.352. The van der Waals surface area contributed by atoms with Gasteiger partial charge < -0.3 is 5.73 Å². The molecule has 0 bridgehead atoms. The largest absolute Gasteiger partial charge is 0.370 e. The van der Waals surface area contributed by atoms with Gasteiger partial charge in [-0.3, -0.25) is 10.2 Å². The summed E-state index contributed by atoms with van der Waals surface area (Å²) in [4.78, 5) is 18.1. The molecular formula is C15H23ClN4O. The number of nitrogens with one attached hydrogen (secondary N) is 1. The van der Waals surface area contributed by atoms with Crippen molar-refractivity contribution in [1.82, 2.24) is 5.32 Å². The van der Waals surface area contributed by atoms with E-state index in [1.807, 2.05) is 46.8 Å². The molecule has 0 fully saturated rings. The zero-order valence-electron chi connectivity index (χ0n) is 13.2. The lowest BCUT2D eigenvalue weighted by atomic mass is 10.1. The molecular weight excluding hydrogens is 288 g/mol. The Bertz CT molecular complexity index is 529. The maximum Gasteiger partial charge on any atom is 0.328 e. The van der Waals surface area contributed by atoms with Gasteiger partial charge in [0.25, 0.3) is 0 Å². The van der Waals surface area contributed by atoms with Crippen LogP contribution in [0, 0.1) is 6.92 Å². The van der Waals surface area contributed by atoms with Crippen LogP contribution in [0.1, 0.15) is 33.3 Å². The van der Waals surface area contributed by atoms with Crippen molar-refractivity contribution in [3.05, 3.63) is 28.8 Å². The number of amides is 2. The summed E-state index contributed by atoms with van der Waals surface area (Å²) in [5.41, 5.74) is 7.02. The van der Waals surface area contributed by atoms with E-state index in [1.54, 1.807) is 11.0 Å². The van der Waals surface area contributed by atoms with Crippen molar-refractivity contribution in [1.29, 1.82) is 0 Å². The zero-order chi connectivity index (χ0) is 16.2. The fourth-order valence-corrected chi connectivity index (χ4v) is 2.26. The number of hydrogen-bond acceptors (Lipinski definition) is 2. The van der Waals surface area contributed by atoms with Crippen molar-refractivity contribution in [2.24, 2.45) is 10.7 Å². The van der Waals surface area contributed by atoms with Crippen LogP contribution < -0.4 is 16.0 Å². The highest BCUT2D eigenvalue weighted by Crippen LogP contribution is 2.29. The van der Waals surface area contributed by atoms with Gasteiger partial charge in [-0.15, -0.1) is 0 Å². The molecule has 0 aliphatic rings. The highest BCUT2D eigenvalue weighted by Gasteiger charge is 2.19. The van der Waals surface area contributed by atoms with Gasteiger partial charge in [-0.1, -0.05) is 23.7 Å². The molecule has 1 rings (SSSR count). The van der Waals surface area contributed by atoms with E-state index in [4.69, 9.17) is 17.3 Å². The van der Waals surface area contributed by atoms with E-state index in [0.717, 1.165) is 5.56 Å². The predicted molar refractivity (Wildman–Crippen MR) is 89.1 cm³/mol. The highest BCUT2D eigenvalue weighted by molar-refractivity contribution is 6.34. The summed E-state index contributed by atoms with van der Waals surface area (Å²) in [5.74, 6) is 0.0932. The fourth-order valence-electron chi connectivity index (χ4n) is 1.93. The first-order chi connectivity index (χ1) is 9.65. The first kappa shape index (κ1) is 17.3. The molecule has 0 aliphatic heterocycles. The monoisotopic (exact) mass is 310 g/mol. The number of anilines is 1. The van der Waals surface area contributed by atoms with Crippen molar-refractivity contribution >= 4 is 29.3 Å². The van der Waals surface area contributed by atoms with E-state index < -0.39 is 0 Å². The minimum Gasteiger partial charge on any atom is -0.370 e. The Morgan fingerprint density at radius 1 is 1.43 bits per heavy atom. The number of urea groups is 1. The van der Waals surface area contributed by atoms with E-state index in [1.165, 1.54) is 0 Å². The fraction of sp³-hybridized carbons (Fsp3) is 0.467. The molecule has 6 heteroatoms. The number of halogens is 1. The number of benzene rings is 1. The van der Waals surface area contributed by atoms with Crippen LogP contribution in [0.15, 0.2) is 23.2 Å². The van der Waals surface area contributed by atoms with Crippen LogP contribution in [-0.4, -0.2) is 24.1 Å². The molecule has 0 heterocycles. The van der Waals surface area contributed by atoms with Gasteiger partial charge in [0.1, 0.15) is 0 Å². The Kier molecular flexibility index (Phi) is 5.61. The van der Waals surface area contributed by atoms with Crippen molar-refractivity contribution in [3.63, 3.8) is 0 Å². The second kappa shape index (κ2) is 6.80. The third kappa shape index (κ3) is 4.93. The van der Waals surface area contributed by atoms with Crippen LogP contribution in [0.3, 0.4) is 0 Å². The van der Waals surface area contributed by atoms with Crippen molar-refractivity contribution in [2.75, 3.05) is 11.4 Å². The molecule has 3 N–H and O–H groups in total. The minimum absolute atomic E-state index is 0.0932. The number of guanidine groups is 1. The molecule has 5 nitrogen and oxygen atoms in total. The molecule has 0 aromatic heterocycles. The number of carbonyl (C=O) groups excluding carboxylic acids is 1. The highest BCUT2D eigenvalue weighted by atomic mass is 35.5.